The van der Waals surface area contributed by atoms with Crippen LogP contribution in [-0.4, -0.2) is 11.6 Å². The molecule has 1 unspecified atom stereocenters. The second-order valence-electron chi connectivity index (χ2n) is 4.60. The van der Waals surface area contributed by atoms with Crippen LogP contribution in [0.2, 0.25) is 0 Å². The van der Waals surface area contributed by atoms with E-state index in [1.807, 2.05) is 0 Å². The van der Waals surface area contributed by atoms with E-state index in [-0.39, 0.29) is 23.3 Å². The molecule has 1 atom stereocenters. The molecule has 2 nitrogen and oxygen atoms in total. The molecule has 0 N–H and O–H groups in total. The Morgan fingerprint density at radius 1 is 1.31 bits per heavy atom. The first-order valence-corrected chi connectivity index (χ1v) is 5.53. The number of carbonyl (C=O) groups is 2. The van der Waals surface area contributed by atoms with Crippen LogP contribution < -0.4 is 0 Å². The van der Waals surface area contributed by atoms with Crippen molar-refractivity contribution in [3.8, 4) is 0 Å². The van der Waals surface area contributed by atoms with Crippen molar-refractivity contribution in [3.05, 3.63) is 35.1 Å². The summed E-state index contributed by atoms with van der Waals surface area (Å²) in [7, 11) is 0. The van der Waals surface area contributed by atoms with Gasteiger partial charge in [0.25, 0.3) is 0 Å². The maximum Gasteiger partial charge on any atom is 0.173 e. The van der Waals surface area contributed by atoms with Crippen molar-refractivity contribution in [3.63, 3.8) is 0 Å². The summed E-state index contributed by atoms with van der Waals surface area (Å²) in [4.78, 5) is 23.8. The number of halogens is 1. The zero-order valence-electron chi connectivity index (χ0n) is 8.70. The van der Waals surface area contributed by atoms with E-state index >= 15 is 0 Å². The minimum Gasteiger partial charge on any atom is -0.299 e. The zero-order chi connectivity index (χ0) is 11.3. The highest BCUT2D eigenvalue weighted by Gasteiger charge is 2.42. The molecule has 0 aromatic heterocycles. The van der Waals surface area contributed by atoms with E-state index in [0.717, 1.165) is 12.8 Å². The molecule has 0 radical (unpaired) electrons. The van der Waals surface area contributed by atoms with Crippen molar-refractivity contribution < 1.29 is 14.0 Å². The van der Waals surface area contributed by atoms with Gasteiger partial charge in [0.1, 0.15) is 11.6 Å². The summed E-state index contributed by atoms with van der Waals surface area (Å²) in [5.41, 5.74) is 1.21. The molecule has 2 aliphatic rings. The second kappa shape index (κ2) is 3.24. The van der Waals surface area contributed by atoms with Gasteiger partial charge in [-0.05, 0) is 43.0 Å². The van der Waals surface area contributed by atoms with Crippen LogP contribution in [0.5, 0.6) is 0 Å². The number of fused-ring (bicyclic) bond motifs is 1. The van der Waals surface area contributed by atoms with Crippen molar-refractivity contribution in [2.24, 2.45) is 11.8 Å². The molecule has 82 valence electrons. The highest BCUT2D eigenvalue weighted by atomic mass is 19.1. The lowest BCUT2D eigenvalue weighted by Crippen LogP contribution is -2.22. The molecule has 0 aliphatic heterocycles. The lowest BCUT2D eigenvalue weighted by Gasteiger charge is -2.04. The number of ketones is 2. The SMILES string of the molecule is O=C1c2ccc(F)cc2CC1C(=O)C1CC1. The van der Waals surface area contributed by atoms with Crippen LogP contribution in [0.15, 0.2) is 18.2 Å². The molecule has 3 heteroatoms. The first-order valence-electron chi connectivity index (χ1n) is 5.53. The summed E-state index contributed by atoms with van der Waals surface area (Å²) in [6.45, 7) is 0. The third-order valence-electron chi connectivity index (χ3n) is 3.40. The van der Waals surface area contributed by atoms with Crippen molar-refractivity contribution in [2.45, 2.75) is 19.3 Å². The predicted molar refractivity (Wildman–Crippen MR) is 55.7 cm³/mol. The highest BCUT2D eigenvalue weighted by molar-refractivity contribution is 6.14. The minimum atomic E-state index is -0.538. The number of Topliss-reactive ketones (excluding diaryl/α,β-unsaturated/α-hetero) is 2. The summed E-state index contributed by atoms with van der Waals surface area (Å²) < 4.78 is 13.0. The average Bonchev–Trinajstić information content (AvgIpc) is 3.04. The third-order valence-corrected chi connectivity index (χ3v) is 3.40. The molecule has 0 amide bonds. The number of carbonyl (C=O) groups excluding carboxylic acids is 2. The number of hydrogen-bond acceptors (Lipinski definition) is 2. The van der Waals surface area contributed by atoms with Crippen LogP contribution in [0.25, 0.3) is 0 Å². The quantitative estimate of drug-likeness (QED) is 0.713. The van der Waals surface area contributed by atoms with Gasteiger partial charge in [-0.15, -0.1) is 0 Å². The van der Waals surface area contributed by atoms with E-state index < -0.39 is 5.92 Å². The standard InChI is InChI=1S/C13H11FO2/c14-9-3-4-10-8(5-9)6-11(13(10)16)12(15)7-1-2-7/h3-5,7,11H,1-2,6H2. The van der Waals surface area contributed by atoms with E-state index in [2.05, 4.69) is 0 Å². The summed E-state index contributed by atoms with van der Waals surface area (Å²) in [5.74, 6) is -0.850. The van der Waals surface area contributed by atoms with Gasteiger partial charge >= 0.3 is 0 Å². The Balaban J connectivity index is 1.93. The normalized spacial score (nSPS) is 23.3. The molecule has 1 aromatic carbocycles. The highest BCUT2D eigenvalue weighted by Crippen LogP contribution is 2.37. The van der Waals surface area contributed by atoms with E-state index in [1.54, 1.807) is 0 Å². The second-order valence-corrected chi connectivity index (χ2v) is 4.60. The van der Waals surface area contributed by atoms with Crippen molar-refractivity contribution in [1.29, 1.82) is 0 Å². The largest absolute Gasteiger partial charge is 0.299 e. The first kappa shape index (κ1) is 9.70. The Labute approximate surface area is 92.5 Å². The van der Waals surface area contributed by atoms with E-state index in [4.69, 9.17) is 0 Å². The van der Waals surface area contributed by atoms with Gasteiger partial charge in [-0.3, -0.25) is 9.59 Å². The Bertz CT molecular complexity index is 489. The molecule has 0 saturated heterocycles. The van der Waals surface area contributed by atoms with Gasteiger partial charge in [0.2, 0.25) is 0 Å². The first-order chi connectivity index (χ1) is 7.66. The topological polar surface area (TPSA) is 34.1 Å². The van der Waals surface area contributed by atoms with Crippen molar-refractivity contribution >= 4 is 11.6 Å². The van der Waals surface area contributed by atoms with Gasteiger partial charge in [-0.25, -0.2) is 4.39 Å². The fourth-order valence-corrected chi connectivity index (χ4v) is 2.35. The molecule has 1 aromatic rings. The van der Waals surface area contributed by atoms with Gasteiger partial charge in [0, 0.05) is 11.5 Å². The fourth-order valence-electron chi connectivity index (χ4n) is 2.35. The van der Waals surface area contributed by atoms with E-state index in [0.29, 0.717) is 17.5 Å². The molecule has 0 heterocycles. The summed E-state index contributed by atoms with van der Waals surface area (Å²) >= 11 is 0. The molecule has 2 aliphatic carbocycles. The Morgan fingerprint density at radius 3 is 2.75 bits per heavy atom. The maximum atomic E-state index is 13.0. The average molecular weight is 218 g/mol. The van der Waals surface area contributed by atoms with Gasteiger partial charge in [0.05, 0.1) is 5.92 Å². The molecular weight excluding hydrogens is 207 g/mol. The Morgan fingerprint density at radius 2 is 2.06 bits per heavy atom. The van der Waals surface area contributed by atoms with E-state index in [1.165, 1.54) is 18.2 Å². The van der Waals surface area contributed by atoms with Crippen LogP contribution >= 0.6 is 0 Å². The Hall–Kier alpha value is -1.51. The van der Waals surface area contributed by atoms with Crippen LogP contribution in [0.3, 0.4) is 0 Å². The van der Waals surface area contributed by atoms with Crippen LogP contribution in [0, 0.1) is 17.7 Å². The molecule has 3 rings (SSSR count). The molecule has 1 fully saturated rings. The smallest absolute Gasteiger partial charge is 0.173 e. The van der Waals surface area contributed by atoms with E-state index in [9.17, 15) is 14.0 Å². The Kier molecular flexibility index (Phi) is 1.96. The maximum absolute atomic E-state index is 13.0. The number of hydrogen-bond donors (Lipinski definition) is 0. The number of rotatable bonds is 2. The molecule has 16 heavy (non-hydrogen) atoms. The number of benzene rings is 1. The van der Waals surface area contributed by atoms with Crippen molar-refractivity contribution in [1.82, 2.24) is 0 Å². The van der Waals surface area contributed by atoms with Gasteiger partial charge in [-0.2, -0.15) is 0 Å². The van der Waals surface area contributed by atoms with Crippen LogP contribution in [-0.2, 0) is 11.2 Å². The lowest BCUT2D eigenvalue weighted by molar-refractivity contribution is -0.122. The molecule has 0 spiro atoms. The van der Waals surface area contributed by atoms with Gasteiger partial charge < -0.3 is 0 Å². The molecule has 0 bridgehead atoms. The molecule has 1 saturated carbocycles. The molecular formula is C13H11FO2. The minimum absolute atomic E-state index is 0.0570. The van der Waals surface area contributed by atoms with Gasteiger partial charge in [0.15, 0.2) is 5.78 Å². The summed E-state index contributed by atoms with van der Waals surface area (Å²) in [6.07, 6.45) is 2.21. The summed E-state index contributed by atoms with van der Waals surface area (Å²) in [6, 6.07) is 4.14. The van der Waals surface area contributed by atoms with Crippen LogP contribution in [0.4, 0.5) is 4.39 Å². The fraction of sp³-hybridized carbons (Fsp3) is 0.385. The van der Waals surface area contributed by atoms with Crippen LogP contribution in [0.1, 0.15) is 28.8 Å². The predicted octanol–water partition coefficient (Wildman–Crippen LogP) is 2.16. The third kappa shape index (κ3) is 1.39. The zero-order valence-corrected chi connectivity index (χ0v) is 8.70. The summed E-state index contributed by atoms with van der Waals surface area (Å²) in [5, 5.41) is 0. The van der Waals surface area contributed by atoms with Crippen molar-refractivity contribution in [2.75, 3.05) is 0 Å². The van der Waals surface area contributed by atoms with Gasteiger partial charge in [-0.1, -0.05) is 0 Å². The lowest BCUT2D eigenvalue weighted by atomic mass is 9.96. The monoisotopic (exact) mass is 218 g/mol.